The van der Waals surface area contributed by atoms with Crippen molar-refractivity contribution in [2.24, 2.45) is 5.73 Å². The molecule has 0 aromatic heterocycles. The van der Waals surface area contributed by atoms with Crippen molar-refractivity contribution in [2.45, 2.75) is 25.0 Å². The molecule has 0 saturated carbocycles. The van der Waals surface area contributed by atoms with Gasteiger partial charge >= 0.3 is 11.9 Å². The number of carbonyl (C=O) groups excluding carboxylic acids is 2. The molecule has 0 radical (unpaired) electrons. The summed E-state index contributed by atoms with van der Waals surface area (Å²) in [7, 11) is 3.03. The minimum absolute atomic E-state index is 0.0140. The van der Waals surface area contributed by atoms with E-state index in [9.17, 15) is 9.59 Å². The molecular formula is C15H19NO6. The van der Waals surface area contributed by atoms with Crippen LogP contribution in [-0.4, -0.2) is 38.3 Å². The quantitative estimate of drug-likeness (QED) is 0.639. The number of cyclic esters (lactones) is 1. The highest BCUT2D eigenvalue weighted by atomic mass is 16.6. The van der Waals surface area contributed by atoms with Gasteiger partial charge in [-0.1, -0.05) is 6.07 Å². The summed E-state index contributed by atoms with van der Waals surface area (Å²) in [4.78, 5) is 23.9. The van der Waals surface area contributed by atoms with E-state index in [1.807, 2.05) is 0 Å². The van der Waals surface area contributed by atoms with E-state index >= 15 is 0 Å². The summed E-state index contributed by atoms with van der Waals surface area (Å²) in [5, 5.41) is 0. The first kappa shape index (κ1) is 16.1. The van der Waals surface area contributed by atoms with Crippen molar-refractivity contribution in [3.05, 3.63) is 23.8 Å². The average molecular weight is 309 g/mol. The lowest BCUT2D eigenvalue weighted by molar-refractivity contribution is -0.158. The van der Waals surface area contributed by atoms with Crippen LogP contribution in [0.2, 0.25) is 0 Å². The fourth-order valence-corrected chi connectivity index (χ4v) is 2.32. The molecule has 0 unspecified atom stereocenters. The second-order valence-corrected chi connectivity index (χ2v) is 4.90. The number of carbonyl (C=O) groups is 2. The molecule has 0 bridgehead atoms. The fraction of sp³-hybridized carbons (Fsp3) is 0.467. The van der Waals surface area contributed by atoms with Gasteiger partial charge in [0.25, 0.3) is 0 Å². The van der Waals surface area contributed by atoms with Crippen LogP contribution in [0.3, 0.4) is 0 Å². The second kappa shape index (κ2) is 6.23. The molecule has 1 heterocycles. The molecule has 120 valence electrons. The number of nitrogens with two attached hydrogens (primary N) is 1. The highest BCUT2D eigenvalue weighted by Gasteiger charge is 2.53. The van der Waals surface area contributed by atoms with Crippen molar-refractivity contribution in [1.82, 2.24) is 0 Å². The minimum Gasteiger partial charge on any atom is -0.493 e. The van der Waals surface area contributed by atoms with Crippen molar-refractivity contribution in [1.29, 1.82) is 0 Å². The van der Waals surface area contributed by atoms with Gasteiger partial charge in [-0.15, -0.1) is 0 Å². The molecule has 22 heavy (non-hydrogen) atoms. The SMILES string of the molecule is CCOC(=O)[C@]1(N)C[C@H](c2ccc(OC)c(OC)c2)OC1=O. The first-order chi connectivity index (χ1) is 10.5. The van der Waals surface area contributed by atoms with Gasteiger partial charge in [0.15, 0.2) is 11.5 Å². The Labute approximate surface area is 128 Å². The molecule has 7 nitrogen and oxygen atoms in total. The lowest BCUT2D eigenvalue weighted by atomic mass is 9.93. The molecule has 1 aromatic rings. The standard InChI is InChI=1S/C15H19NO6/c1-4-21-13(17)15(16)8-12(22-14(15)18)9-5-6-10(19-2)11(7-9)20-3/h5-7,12H,4,8,16H2,1-3H3/t12-,15-/m1/s1. The van der Waals surface area contributed by atoms with Crippen LogP contribution in [0.1, 0.15) is 25.0 Å². The highest BCUT2D eigenvalue weighted by Crippen LogP contribution is 2.38. The first-order valence-corrected chi connectivity index (χ1v) is 6.85. The Kier molecular flexibility index (Phi) is 4.56. The van der Waals surface area contributed by atoms with Crippen molar-refractivity contribution < 1.29 is 28.5 Å². The van der Waals surface area contributed by atoms with E-state index in [2.05, 4.69) is 0 Å². The molecule has 0 aliphatic carbocycles. The van der Waals surface area contributed by atoms with Crippen molar-refractivity contribution in [3.63, 3.8) is 0 Å². The maximum atomic E-state index is 12.0. The number of methoxy groups -OCH3 is 2. The molecule has 1 aliphatic heterocycles. The zero-order chi connectivity index (χ0) is 16.3. The summed E-state index contributed by atoms with van der Waals surface area (Å²) in [6.07, 6.45) is -0.623. The van der Waals surface area contributed by atoms with Gasteiger partial charge in [-0.25, -0.2) is 9.59 Å². The Morgan fingerprint density at radius 1 is 1.36 bits per heavy atom. The van der Waals surface area contributed by atoms with Gasteiger partial charge in [0, 0.05) is 6.42 Å². The molecule has 1 aromatic carbocycles. The zero-order valence-corrected chi connectivity index (χ0v) is 12.8. The Morgan fingerprint density at radius 3 is 2.64 bits per heavy atom. The minimum atomic E-state index is -1.77. The van der Waals surface area contributed by atoms with Gasteiger partial charge < -0.3 is 24.7 Å². The summed E-state index contributed by atoms with van der Waals surface area (Å²) >= 11 is 0. The topological polar surface area (TPSA) is 97.1 Å². The number of hydrogen-bond donors (Lipinski definition) is 1. The summed E-state index contributed by atoms with van der Waals surface area (Å²) in [5.41, 5.74) is 4.78. The Balaban J connectivity index is 2.25. The van der Waals surface area contributed by atoms with Crippen LogP contribution in [0.15, 0.2) is 18.2 Å². The van der Waals surface area contributed by atoms with E-state index in [1.165, 1.54) is 14.2 Å². The number of esters is 2. The van der Waals surface area contributed by atoms with Crippen LogP contribution in [0, 0.1) is 0 Å². The van der Waals surface area contributed by atoms with Crippen LogP contribution in [0.4, 0.5) is 0 Å². The summed E-state index contributed by atoms with van der Waals surface area (Å²) in [5.74, 6) is -0.504. The molecule has 2 atom stereocenters. The number of benzene rings is 1. The zero-order valence-electron chi connectivity index (χ0n) is 12.8. The lowest BCUT2D eigenvalue weighted by Gasteiger charge is -2.16. The molecule has 2 rings (SSSR count). The van der Waals surface area contributed by atoms with Crippen LogP contribution in [-0.2, 0) is 19.1 Å². The Bertz CT molecular complexity index is 587. The van der Waals surface area contributed by atoms with E-state index in [0.717, 1.165) is 0 Å². The van der Waals surface area contributed by atoms with Gasteiger partial charge in [0.05, 0.1) is 20.8 Å². The molecular weight excluding hydrogens is 290 g/mol. The van der Waals surface area contributed by atoms with Gasteiger partial charge in [-0.05, 0) is 24.6 Å². The third-order valence-corrected chi connectivity index (χ3v) is 3.54. The molecule has 1 saturated heterocycles. The summed E-state index contributed by atoms with van der Waals surface area (Å²) in [6.45, 7) is 1.79. The van der Waals surface area contributed by atoms with Gasteiger partial charge in [-0.2, -0.15) is 0 Å². The predicted octanol–water partition coefficient (Wildman–Crippen LogP) is 0.952. The number of rotatable bonds is 5. The van der Waals surface area contributed by atoms with E-state index < -0.39 is 23.6 Å². The third kappa shape index (κ3) is 2.71. The van der Waals surface area contributed by atoms with E-state index in [0.29, 0.717) is 17.1 Å². The Hall–Kier alpha value is -2.28. The van der Waals surface area contributed by atoms with Crippen molar-refractivity contribution >= 4 is 11.9 Å². The molecule has 0 amide bonds. The normalized spacial score (nSPS) is 23.8. The summed E-state index contributed by atoms with van der Waals surface area (Å²) in [6, 6.07) is 5.12. The van der Waals surface area contributed by atoms with Gasteiger partial charge in [-0.3, -0.25) is 0 Å². The number of ether oxygens (including phenoxy) is 4. The first-order valence-electron chi connectivity index (χ1n) is 6.85. The molecule has 1 fully saturated rings. The molecule has 7 heteroatoms. The van der Waals surface area contributed by atoms with Gasteiger partial charge in [0.2, 0.25) is 5.54 Å². The fourth-order valence-electron chi connectivity index (χ4n) is 2.32. The molecule has 0 spiro atoms. The molecule has 1 aliphatic rings. The summed E-state index contributed by atoms with van der Waals surface area (Å²) < 4.78 is 20.5. The van der Waals surface area contributed by atoms with Crippen LogP contribution in [0.25, 0.3) is 0 Å². The predicted molar refractivity (Wildman–Crippen MR) is 76.5 cm³/mol. The maximum Gasteiger partial charge on any atom is 0.338 e. The largest absolute Gasteiger partial charge is 0.493 e. The van der Waals surface area contributed by atoms with Crippen LogP contribution < -0.4 is 15.2 Å². The smallest absolute Gasteiger partial charge is 0.338 e. The van der Waals surface area contributed by atoms with E-state index in [-0.39, 0.29) is 13.0 Å². The Morgan fingerprint density at radius 2 is 2.05 bits per heavy atom. The highest BCUT2D eigenvalue weighted by molar-refractivity contribution is 6.06. The van der Waals surface area contributed by atoms with Crippen LogP contribution in [0.5, 0.6) is 11.5 Å². The maximum absolute atomic E-state index is 12.0. The van der Waals surface area contributed by atoms with Crippen molar-refractivity contribution in [3.8, 4) is 11.5 Å². The van der Waals surface area contributed by atoms with E-state index in [1.54, 1.807) is 25.1 Å². The lowest BCUT2D eigenvalue weighted by Crippen LogP contribution is -2.52. The van der Waals surface area contributed by atoms with Crippen LogP contribution >= 0.6 is 0 Å². The monoisotopic (exact) mass is 309 g/mol. The van der Waals surface area contributed by atoms with Crippen molar-refractivity contribution in [2.75, 3.05) is 20.8 Å². The van der Waals surface area contributed by atoms with Gasteiger partial charge in [0.1, 0.15) is 6.10 Å². The third-order valence-electron chi connectivity index (χ3n) is 3.54. The second-order valence-electron chi connectivity index (χ2n) is 4.90. The molecule has 2 N–H and O–H groups in total. The average Bonchev–Trinajstić information content (AvgIpc) is 2.83. The number of hydrogen-bond acceptors (Lipinski definition) is 7. The van der Waals surface area contributed by atoms with E-state index in [4.69, 9.17) is 24.7 Å².